The van der Waals surface area contributed by atoms with E-state index >= 15 is 0 Å². The van der Waals surface area contributed by atoms with Crippen molar-refractivity contribution >= 4 is 11.8 Å². The topological polar surface area (TPSA) is 12.0 Å². The van der Waals surface area contributed by atoms with Crippen molar-refractivity contribution in [2.75, 3.05) is 19.3 Å². The Morgan fingerprint density at radius 2 is 1.88 bits per heavy atom. The number of nitrogens with one attached hydrogen (secondary N) is 1. The molecule has 1 fully saturated rings. The Bertz CT molecular complexity index is 301. The number of aryl methyl sites for hydroxylation is 1. The highest BCUT2D eigenvalue weighted by atomic mass is 32.2. The molecule has 0 atom stereocenters. The Morgan fingerprint density at radius 3 is 2.50 bits per heavy atom. The lowest BCUT2D eigenvalue weighted by atomic mass is 9.91. The van der Waals surface area contributed by atoms with Crippen LogP contribution >= 0.6 is 11.8 Å². The first-order valence-corrected chi connectivity index (χ1v) is 7.44. The molecule has 0 spiro atoms. The van der Waals surface area contributed by atoms with Crippen LogP contribution in [0.25, 0.3) is 0 Å². The summed E-state index contributed by atoms with van der Waals surface area (Å²) in [5, 5.41) is 3.43. The van der Waals surface area contributed by atoms with E-state index in [9.17, 15) is 0 Å². The van der Waals surface area contributed by atoms with Gasteiger partial charge in [-0.3, -0.25) is 0 Å². The summed E-state index contributed by atoms with van der Waals surface area (Å²) in [7, 11) is 0. The molecule has 0 unspecified atom stereocenters. The van der Waals surface area contributed by atoms with Gasteiger partial charge in [-0.05, 0) is 68.6 Å². The highest BCUT2D eigenvalue weighted by Crippen LogP contribution is 2.20. The minimum Gasteiger partial charge on any atom is -0.317 e. The van der Waals surface area contributed by atoms with Crippen LogP contribution in [0, 0.1) is 5.92 Å². The van der Waals surface area contributed by atoms with Gasteiger partial charge >= 0.3 is 0 Å². The van der Waals surface area contributed by atoms with E-state index in [1.54, 1.807) is 0 Å². The molecule has 2 rings (SSSR count). The van der Waals surface area contributed by atoms with Gasteiger partial charge in [0.25, 0.3) is 0 Å². The average Bonchev–Trinajstić information content (AvgIpc) is 2.38. The van der Waals surface area contributed by atoms with Crippen molar-refractivity contribution in [3.8, 4) is 0 Å². The summed E-state index contributed by atoms with van der Waals surface area (Å²) in [5.41, 5.74) is 1.50. The molecule has 1 nitrogen and oxygen atoms in total. The maximum absolute atomic E-state index is 3.43. The molecule has 1 heterocycles. The molecule has 1 aliphatic rings. The highest BCUT2D eigenvalue weighted by molar-refractivity contribution is 7.98. The van der Waals surface area contributed by atoms with Crippen LogP contribution in [0.1, 0.15) is 24.8 Å². The largest absolute Gasteiger partial charge is 0.317 e. The maximum Gasteiger partial charge on any atom is 0.00693 e. The molecular formula is C14H21NS. The van der Waals surface area contributed by atoms with Crippen LogP contribution in [-0.4, -0.2) is 19.3 Å². The van der Waals surface area contributed by atoms with Gasteiger partial charge in [-0.1, -0.05) is 12.1 Å². The molecular weight excluding hydrogens is 214 g/mol. The second kappa shape index (κ2) is 6.31. The molecule has 1 aromatic rings. The smallest absolute Gasteiger partial charge is 0.00693 e. The molecule has 0 saturated carbocycles. The first kappa shape index (κ1) is 12.0. The van der Waals surface area contributed by atoms with Gasteiger partial charge in [0.15, 0.2) is 0 Å². The lowest BCUT2D eigenvalue weighted by molar-refractivity contribution is 0.354. The third kappa shape index (κ3) is 3.53. The zero-order valence-electron chi connectivity index (χ0n) is 10.0. The number of hydrogen-bond donors (Lipinski definition) is 1. The molecule has 0 amide bonds. The van der Waals surface area contributed by atoms with E-state index in [2.05, 4.69) is 35.8 Å². The second-order valence-corrected chi connectivity index (χ2v) is 5.46. The molecule has 0 aromatic heterocycles. The van der Waals surface area contributed by atoms with Gasteiger partial charge < -0.3 is 5.32 Å². The summed E-state index contributed by atoms with van der Waals surface area (Å²) in [6.45, 7) is 2.44. The molecule has 0 aliphatic carbocycles. The SMILES string of the molecule is CSc1ccc(CCC2CCNCC2)cc1. The lowest BCUT2D eigenvalue weighted by Gasteiger charge is -2.22. The normalized spacial score (nSPS) is 17.6. The van der Waals surface area contributed by atoms with E-state index < -0.39 is 0 Å². The quantitative estimate of drug-likeness (QED) is 0.803. The van der Waals surface area contributed by atoms with Crippen LogP contribution in [0.3, 0.4) is 0 Å². The van der Waals surface area contributed by atoms with Crippen molar-refractivity contribution < 1.29 is 0 Å². The van der Waals surface area contributed by atoms with Crippen LogP contribution in [0.2, 0.25) is 0 Å². The number of thioether (sulfide) groups is 1. The first-order chi connectivity index (χ1) is 7.88. The minimum absolute atomic E-state index is 0.946. The molecule has 0 radical (unpaired) electrons. The Kier molecular flexibility index (Phi) is 4.73. The fraction of sp³-hybridized carbons (Fsp3) is 0.571. The summed E-state index contributed by atoms with van der Waals surface area (Å²) in [4.78, 5) is 1.37. The van der Waals surface area contributed by atoms with Crippen LogP contribution in [-0.2, 0) is 6.42 Å². The third-order valence-corrected chi connectivity index (χ3v) is 4.20. The van der Waals surface area contributed by atoms with Crippen molar-refractivity contribution in [3.63, 3.8) is 0 Å². The summed E-state index contributed by atoms with van der Waals surface area (Å²) in [6.07, 6.45) is 7.47. The lowest BCUT2D eigenvalue weighted by Crippen LogP contribution is -2.27. The van der Waals surface area contributed by atoms with Crippen LogP contribution in [0.4, 0.5) is 0 Å². The predicted octanol–water partition coefficient (Wildman–Crippen LogP) is 3.34. The highest BCUT2D eigenvalue weighted by Gasteiger charge is 2.12. The van der Waals surface area contributed by atoms with E-state index in [-0.39, 0.29) is 0 Å². The Labute approximate surface area is 103 Å². The molecule has 2 heteroatoms. The van der Waals surface area contributed by atoms with E-state index in [0.29, 0.717) is 0 Å². The summed E-state index contributed by atoms with van der Waals surface area (Å²) >= 11 is 1.82. The summed E-state index contributed by atoms with van der Waals surface area (Å²) < 4.78 is 0. The van der Waals surface area contributed by atoms with Gasteiger partial charge in [0, 0.05) is 4.90 Å². The van der Waals surface area contributed by atoms with Crippen LogP contribution in [0.15, 0.2) is 29.2 Å². The van der Waals surface area contributed by atoms with Crippen molar-refractivity contribution in [1.82, 2.24) is 5.32 Å². The standard InChI is InChI=1S/C14H21NS/c1-16-14-6-4-12(5-7-14)2-3-13-8-10-15-11-9-13/h4-7,13,15H,2-3,8-11H2,1H3. The van der Waals surface area contributed by atoms with Crippen LogP contribution in [0.5, 0.6) is 0 Å². The number of benzene rings is 1. The summed E-state index contributed by atoms with van der Waals surface area (Å²) in [6, 6.07) is 9.05. The van der Waals surface area contributed by atoms with E-state index in [1.807, 2.05) is 11.8 Å². The Morgan fingerprint density at radius 1 is 1.19 bits per heavy atom. The van der Waals surface area contributed by atoms with Crippen molar-refractivity contribution in [2.45, 2.75) is 30.6 Å². The molecule has 88 valence electrons. The van der Waals surface area contributed by atoms with Crippen molar-refractivity contribution in [2.24, 2.45) is 5.92 Å². The fourth-order valence-electron chi connectivity index (χ4n) is 2.33. The maximum atomic E-state index is 3.43. The third-order valence-electron chi connectivity index (χ3n) is 3.46. The first-order valence-electron chi connectivity index (χ1n) is 6.22. The monoisotopic (exact) mass is 235 g/mol. The second-order valence-electron chi connectivity index (χ2n) is 4.58. The van der Waals surface area contributed by atoms with E-state index in [4.69, 9.17) is 0 Å². The number of piperidine rings is 1. The Hall–Kier alpha value is -0.470. The molecule has 16 heavy (non-hydrogen) atoms. The number of hydrogen-bond acceptors (Lipinski definition) is 2. The fourth-order valence-corrected chi connectivity index (χ4v) is 2.74. The summed E-state index contributed by atoms with van der Waals surface area (Å²) in [5.74, 6) is 0.946. The zero-order valence-corrected chi connectivity index (χ0v) is 10.9. The van der Waals surface area contributed by atoms with Crippen LogP contribution < -0.4 is 5.32 Å². The van der Waals surface area contributed by atoms with Gasteiger partial charge in [-0.25, -0.2) is 0 Å². The number of rotatable bonds is 4. The Balaban J connectivity index is 1.79. The van der Waals surface area contributed by atoms with Gasteiger partial charge in [-0.15, -0.1) is 11.8 Å². The van der Waals surface area contributed by atoms with Gasteiger partial charge in [-0.2, -0.15) is 0 Å². The van der Waals surface area contributed by atoms with E-state index in [1.165, 1.54) is 49.2 Å². The van der Waals surface area contributed by atoms with Crippen molar-refractivity contribution in [3.05, 3.63) is 29.8 Å². The zero-order chi connectivity index (χ0) is 11.2. The molecule has 1 saturated heterocycles. The van der Waals surface area contributed by atoms with Gasteiger partial charge in [0.1, 0.15) is 0 Å². The predicted molar refractivity (Wildman–Crippen MR) is 72.1 cm³/mol. The minimum atomic E-state index is 0.946. The average molecular weight is 235 g/mol. The molecule has 1 aliphatic heterocycles. The molecule has 0 bridgehead atoms. The molecule has 1 N–H and O–H groups in total. The van der Waals surface area contributed by atoms with Gasteiger partial charge in [0.05, 0.1) is 0 Å². The molecule has 1 aromatic carbocycles. The van der Waals surface area contributed by atoms with E-state index in [0.717, 1.165) is 5.92 Å². The van der Waals surface area contributed by atoms with Gasteiger partial charge in [0.2, 0.25) is 0 Å². The van der Waals surface area contributed by atoms with Crippen molar-refractivity contribution in [1.29, 1.82) is 0 Å².